The quantitative estimate of drug-likeness (QED) is 0.666. The van der Waals surface area contributed by atoms with Crippen molar-refractivity contribution in [3.8, 4) is 0 Å². The SMILES string of the molecule is O=C(NCc1ccc(Cl)cc1)C(=O)NC1CCCCCC1. The molecule has 0 bridgehead atoms. The maximum atomic E-state index is 11.9. The lowest BCUT2D eigenvalue weighted by Crippen LogP contribution is -2.44. The molecule has 21 heavy (non-hydrogen) atoms. The van der Waals surface area contributed by atoms with Gasteiger partial charge in [-0.25, -0.2) is 0 Å². The molecule has 2 rings (SSSR count). The highest BCUT2D eigenvalue weighted by atomic mass is 35.5. The van der Waals surface area contributed by atoms with E-state index in [4.69, 9.17) is 11.6 Å². The van der Waals surface area contributed by atoms with E-state index in [1.807, 2.05) is 12.1 Å². The molecule has 5 heteroatoms. The fraction of sp³-hybridized carbons (Fsp3) is 0.500. The van der Waals surface area contributed by atoms with Gasteiger partial charge in [-0.2, -0.15) is 0 Å². The number of rotatable bonds is 3. The number of halogens is 1. The highest BCUT2D eigenvalue weighted by Gasteiger charge is 2.19. The Balaban J connectivity index is 1.76. The van der Waals surface area contributed by atoms with Crippen LogP contribution in [0.25, 0.3) is 0 Å². The van der Waals surface area contributed by atoms with Gasteiger partial charge in [0.1, 0.15) is 0 Å². The average molecular weight is 309 g/mol. The molecule has 1 aromatic carbocycles. The van der Waals surface area contributed by atoms with Crippen molar-refractivity contribution in [2.24, 2.45) is 0 Å². The van der Waals surface area contributed by atoms with Crippen LogP contribution in [0.15, 0.2) is 24.3 Å². The van der Waals surface area contributed by atoms with Crippen LogP contribution in [-0.4, -0.2) is 17.9 Å². The van der Waals surface area contributed by atoms with Crippen molar-refractivity contribution >= 4 is 23.4 Å². The van der Waals surface area contributed by atoms with Gasteiger partial charge in [-0.1, -0.05) is 49.4 Å². The highest BCUT2D eigenvalue weighted by molar-refractivity contribution is 6.35. The van der Waals surface area contributed by atoms with E-state index in [1.54, 1.807) is 12.1 Å². The van der Waals surface area contributed by atoms with E-state index in [0.717, 1.165) is 31.2 Å². The molecule has 0 spiro atoms. The molecular formula is C16H21ClN2O2. The Morgan fingerprint density at radius 2 is 1.62 bits per heavy atom. The molecule has 114 valence electrons. The van der Waals surface area contributed by atoms with E-state index in [1.165, 1.54) is 12.8 Å². The van der Waals surface area contributed by atoms with E-state index in [0.29, 0.717) is 11.6 Å². The van der Waals surface area contributed by atoms with E-state index < -0.39 is 11.8 Å². The smallest absolute Gasteiger partial charge is 0.309 e. The van der Waals surface area contributed by atoms with Crippen LogP contribution in [0.1, 0.15) is 44.1 Å². The summed E-state index contributed by atoms with van der Waals surface area (Å²) in [5.74, 6) is -1.11. The molecular weight excluding hydrogens is 288 g/mol. The Kier molecular flexibility index (Phi) is 6.05. The van der Waals surface area contributed by atoms with Crippen molar-refractivity contribution in [1.82, 2.24) is 10.6 Å². The number of hydrogen-bond donors (Lipinski definition) is 2. The lowest BCUT2D eigenvalue weighted by atomic mass is 10.1. The molecule has 0 heterocycles. The first-order valence-electron chi connectivity index (χ1n) is 7.48. The standard InChI is InChI=1S/C16H21ClN2O2/c17-13-9-7-12(8-10-13)11-18-15(20)16(21)19-14-5-3-1-2-4-6-14/h7-10,14H,1-6,11H2,(H,18,20)(H,19,21). The highest BCUT2D eigenvalue weighted by Crippen LogP contribution is 2.17. The lowest BCUT2D eigenvalue weighted by molar-refractivity contribution is -0.139. The van der Waals surface area contributed by atoms with Crippen LogP contribution < -0.4 is 10.6 Å². The summed E-state index contributed by atoms with van der Waals surface area (Å²) >= 11 is 5.80. The zero-order valence-electron chi connectivity index (χ0n) is 12.0. The molecule has 0 aliphatic heterocycles. The number of hydrogen-bond acceptors (Lipinski definition) is 2. The Morgan fingerprint density at radius 3 is 2.24 bits per heavy atom. The van der Waals surface area contributed by atoms with Crippen molar-refractivity contribution in [3.63, 3.8) is 0 Å². The number of amides is 2. The number of benzene rings is 1. The summed E-state index contributed by atoms with van der Waals surface area (Å²) in [6.45, 7) is 0.327. The van der Waals surface area contributed by atoms with Gasteiger partial charge in [-0.05, 0) is 30.5 Å². The first-order valence-corrected chi connectivity index (χ1v) is 7.86. The van der Waals surface area contributed by atoms with Crippen molar-refractivity contribution in [2.75, 3.05) is 0 Å². The van der Waals surface area contributed by atoms with Crippen molar-refractivity contribution in [1.29, 1.82) is 0 Å². The molecule has 0 unspecified atom stereocenters. The van der Waals surface area contributed by atoms with Crippen molar-refractivity contribution < 1.29 is 9.59 Å². The van der Waals surface area contributed by atoms with E-state index in [9.17, 15) is 9.59 Å². The second kappa shape index (κ2) is 8.03. The molecule has 2 N–H and O–H groups in total. The minimum atomic E-state index is -0.575. The Labute approximate surface area is 130 Å². The van der Waals surface area contributed by atoms with Gasteiger partial charge in [0.2, 0.25) is 0 Å². The first-order chi connectivity index (χ1) is 10.1. The van der Waals surface area contributed by atoms with Crippen molar-refractivity contribution in [3.05, 3.63) is 34.9 Å². The minimum Gasteiger partial charge on any atom is -0.345 e. The van der Waals surface area contributed by atoms with Crippen LogP contribution in [0.3, 0.4) is 0 Å². The van der Waals surface area contributed by atoms with Crippen LogP contribution in [0.2, 0.25) is 5.02 Å². The molecule has 4 nitrogen and oxygen atoms in total. The Hall–Kier alpha value is -1.55. The second-order valence-electron chi connectivity index (χ2n) is 5.47. The first kappa shape index (κ1) is 15.8. The van der Waals surface area contributed by atoms with Gasteiger partial charge < -0.3 is 10.6 Å². The second-order valence-corrected chi connectivity index (χ2v) is 5.91. The van der Waals surface area contributed by atoms with Gasteiger partial charge in [0.15, 0.2) is 0 Å². The van der Waals surface area contributed by atoms with Gasteiger partial charge in [0.05, 0.1) is 0 Å². The molecule has 0 radical (unpaired) electrons. The van der Waals surface area contributed by atoms with E-state index in [2.05, 4.69) is 10.6 Å². The topological polar surface area (TPSA) is 58.2 Å². The normalized spacial score (nSPS) is 16.0. The van der Waals surface area contributed by atoms with Crippen LogP contribution in [0.4, 0.5) is 0 Å². The number of nitrogens with one attached hydrogen (secondary N) is 2. The molecule has 1 fully saturated rings. The maximum absolute atomic E-state index is 11.9. The number of carbonyl (C=O) groups is 2. The predicted molar refractivity (Wildman–Crippen MR) is 82.9 cm³/mol. The van der Waals surface area contributed by atoms with Crippen LogP contribution in [-0.2, 0) is 16.1 Å². The Bertz CT molecular complexity index is 480. The zero-order chi connectivity index (χ0) is 15.1. The third-order valence-electron chi connectivity index (χ3n) is 3.76. The molecule has 0 atom stereocenters. The monoisotopic (exact) mass is 308 g/mol. The summed E-state index contributed by atoms with van der Waals surface area (Å²) in [7, 11) is 0. The summed E-state index contributed by atoms with van der Waals surface area (Å²) < 4.78 is 0. The fourth-order valence-corrected chi connectivity index (χ4v) is 2.67. The molecule has 0 aromatic heterocycles. The predicted octanol–water partition coefficient (Wildman–Crippen LogP) is 2.80. The third kappa shape index (κ3) is 5.38. The molecule has 0 saturated heterocycles. The molecule has 1 aliphatic carbocycles. The summed E-state index contributed by atoms with van der Waals surface area (Å²) in [5.41, 5.74) is 0.912. The van der Waals surface area contributed by atoms with Gasteiger partial charge in [0.25, 0.3) is 0 Å². The third-order valence-corrected chi connectivity index (χ3v) is 4.01. The van der Waals surface area contributed by atoms with Gasteiger partial charge >= 0.3 is 11.8 Å². The minimum absolute atomic E-state index is 0.140. The van der Waals surface area contributed by atoms with E-state index >= 15 is 0 Å². The number of carbonyl (C=O) groups excluding carboxylic acids is 2. The van der Waals surface area contributed by atoms with Crippen LogP contribution in [0, 0.1) is 0 Å². The van der Waals surface area contributed by atoms with Crippen LogP contribution >= 0.6 is 11.6 Å². The van der Waals surface area contributed by atoms with E-state index in [-0.39, 0.29) is 6.04 Å². The van der Waals surface area contributed by atoms with Gasteiger partial charge in [0, 0.05) is 17.6 Å². The summed E-state index contributed by atoms with van der Waals surface area (Å²) in [5, 5.41) is 6.11. The van der Waals surface area contributed by atoms with Crippen molar-refractivity contribution in [2.45, 2.75) is 51.1 Å². The fourth-order valence-electron chi connectivity index (χ4n) is 2.54. The summed E-state index contributed by atoms with van der Waals surface area (Å²) in [6, 6.07) is 7.31. The maximum Gasteiger partial charge on any atom is 0.309 e. The van der Waals surface area contributed by atoms with Gasteiger partial charge in [-0.3, -0.25) is 9.59 Å². The Morgan fingerprint density at radius 1 is 1.00 bits per heavy atom. The molecule has 1 aliphatic rings. The van der Waals surface area contributed by atoms with Crippen LogP contribution in [0.5, 0.6) is 0 Å². The van der Waals surface area contributed by atoms with Gasteiger partial charge in [-0.15, -0.1) is 0 Å². The molecule has 2 amide bonds. The zero-order valence-corrected chi connectivity index (χ0v) is 12.8. The average Bonchev–Trinajstić information content (AvgIpc) is 2.75. The molecule has 1 aromatic rings. The summed E-state index contributed by atoms with van der Waals surface area (Å²) in [6.07, 6.45) is 6.62. The summed E-state index contributed by atoms with van der Waals surface area (Å²) in [4.78, 5) is 23.6. The largest absolute Gasteiger partial charge is 0.345 e. The lowest BCUT2D eigenvalue weighted by Gasteiger charge is -2.15. The molecule has 1 saturated carbocycles.